The molecule has 1 unspecified atom stereocenters. The van der Waals surface area contributed by atoms with E-state index in [1.54, 1.807) is 24.3 Å². The molecule has 27 heavy (non-hydrogen) atoms. The van der Waals surface area contributed by atoms with Crippen LogP contribution < -0.4 is 15.4 Å². The first-order valence-electron chi connectivity index (χ1n) is 9.48. The van der Waals surface area contributed by atoms with Crippen LogP contribution >= 0.6 is 0 Å². The molecule has 2 N–H and O–H groups in total. The molecule has 0 heterocycles. The van der Waals surface area contributed by atoms with Gasteiger partial charge in [0.1, 0.15) is 5.75 Å². The molecule has 1 saturated carbocycles. The zero-order chi connectivity index (χ0) is 19.2. The summed E-state index contributed by atoms with van der Waals surface area (Å²) >= 11 is 0. The number of hydrogen-bond acceptors (Lipinski definition) is 3. The predicted molar refractivity (Wildman–Crippen MR) is 107 cm³/mol. The van der Waals surface area contributed by atoms with Gasteiger partial charge in [0.15, 0.2) is 6.61 Å². The lowest BCUT2D eigenvalue weighted by atomic mass is 9.99. The molecule has 142 valence electrons. The minimum Gasteiger partial charge on any atom is -0.484 e. The first kappa shape index (κ1) is 19.0. The number of ether oxygens (including phenoxy) is 1. The van der Waals surface area contributed by atoms with E-state index in [0.717, 1.165) is 30.6 Å². The molecule has 5 heteroatoms. The maximum absolute atomic E-state index is 12.1. The van der Waals surface area contributed by atoms with Crippen molar-refractivity contribution in [3.63, 3.8) is 0 Å². The molecule has 3 rings (SSSR count). The highest BCUT2D eigenvalue weighted by atomic mass is 16.5. The smallest absolute Gasteiger partial charge is 0.262 e. The van der Waals surface area contributed by atoms with Gasteiger partial charge in [-0.25, -0.2) is 0 Å². The number of carbonyl (C=O) groups excluding carboxylic acids is 2. The van der Waals surface area contributed by atoms with Gasteiger partial charge in [-0.2, -0.15) is 0 Å². The lowest BCUT2D eigenvalue weighted by Crippen LogP contribution is -2.20. The summed E-state index contributed by atoms with van der Waals surface area (Å²) in [4.78, 5) is 23.8. The maximum atomic E-state index is 12.1. The van der Waals surface area contributed by atoms with Gasteiger partial charge in [-0.1, -0.05) is 26.0 Å². The summed E-state index contributed by atoms with van der Waals surface area (Å²) in [6, 6.07) is 15.0. The summed E-state index contributed by atoms with van der Waals surface area (Å²) in [5.41, 5.74) is 2.76. The number of rotatable bonds is 8. The monoisotopic (exact) mass is 366 g/mol. The summed E-state index contributed by atoms with van der Waals surface area (Å²) in [5, 5.41) is 5.70. The summed E-state index contributed by atoms with van der Waals surface area (Å²) in [5.74, 6) is 1.13. The van der Waals surface area contributed by atoms with Crippen LogP contribution in [0.2, 0.25) is 0 Å². The van der Waals surface area contributed by atoms with Crippen LogP contribution in [0.3, 0.4) is 0 Å². The Morgan fingerprint density at radius 2 is 1.59 bits per heavy atom. The molecule has 0 aliphatic heterocycles. The van der Waals surface area contributed by atoms with Crippen molar-refractivity contribution in [2.45, 2.75) is 39.0 Å². The highest BCUT2D eigenvalue weighted by Gasteiger charge is 2.29. The van der Waals surface area contributed by atoms with E-state index in [-0.39, 0.29) is 24.3 Å². The number of benzene rings is 2. The molecule has 1 fully saturated rings. The minimum atomic E-state index is -0.211. The molecule has 0 saturated heterocycles. The van der Waals surface area contributed by atoms with E-state index in [4.69, 9.17) is 4.74 Å². The molecule has 0 spiro atoms. The Hall–Kier alpha value is -2.82. The fourth-order valence-electron chi connectivity index (χ4n) is 2.70. The molecule has 2 aromatic carbocycles. The third-order valence-corrected chi connectivity index (χ3v) is 4.82. The molecule has 5 nitrogen and oxygen atoms in total. The highest BCUT2D eigenvalue weighted by molar-refractivity contribution is 5.94. The van der Waals surface area contributed by atoms with E-state index in [0.29, 0.717) is 11.7 Å². The Bertz CT molecular complexity index is 780. The molecule has 0 radical (unpaired) electrons. The quantitative estimate of drug-likeness (QED) is 0.719. The zero-order valence-electron chi connectivity index (χ0n) is 15.8. The second kappa shape index (κ2) is 8.71. The Kier molecular flexibility index (Phi) is 6.12. The van der Waals surface area contributed by atoms with Crippen molar-refractivity contribution in [2.24, 2.45) is 5.92 Å². The van der Waals surface area contributed by atoms with Gasteiger partial charge in [0.25, 0.3) is 5.91 Å². The summed E-state index contributed by atoms with van der Waals surface area (Å²) in [6.45, 7) is 4.27. The second-order valence-electron chi connectivity index (χ2n) is 7.06. The van der Waals surface area contributed by atoms with Crippen molar-refractivity contribution < 1.29 is 14.3 Å². The van der Waals surface area contributed by atoms with Crippen molar-refractivity contribution in [3.05, 3.63) is 54.1 Å². The average molecular weight is 366 g/mol. The predicted octanol–water partition coefficient (Wildman–Crippen LogP) is 4.57. The van der Waals surface area contributed by atoms with E-state index >= 15 is 0 Å². The first-order chi connectivity index (χ1) is 13.0. The van der Waals surface area contributed by atoms with E-state index in [9.17, 15) is 9.59 Å². The van der Waals surface area contributed by atoms with Gasteiger partial charge in [0, 0.05) is 17.3 Å². The lowest BCUT2D eigenvalue weighted by molar-refractivity contribution is -0.118. The number of anilines is 2. The average Bonchev–Trinajstić information content (AvgIpc) is 3.53. The lowest BCUT2D eigenvalue weighted by Gasteiger charge is -2.11. The fraction of sp³-hybridized carbons (Fsp3) is 0.364. The topological polar surface area (TPSA) is 67.4 Å². The Morgan fingerprint density at radius 3 is 2.19 bits per heavy atom. The van der Waals surface area contributed by atoms with Gasteiger partial charge in [-0.15, -0.1) is 0 Å². The number of amides is 2. The molecule has 2 amide bonds. The number of hydrogen-bond donors (Lipinski definition) is 2. The SMILES string of the molecule is CCC(C)c1ccc(NC(=O)COc2ccc(NC(=O)C3CC3)cc2)cc1. The Morgan fingerprint density at radius 1 is 1.00 bits per heavy atom. The van der Waals surface area contributed by atoms with Crippen LogP contribution in [0.1, 0.15) is 44.6 Å². The summed E-state index contributed by atoms with van der Waals surface area (Å²) in [7, 11) is 0. The van der Waals surface area contributed by atoms with Crippen LogP contribution in [0.5, 0.6) is 5.75 Å². The molecular formula is C22H26N2O3. The molecular weight excluding hydrogens is 340 g/mol. The highest BCUT2D eigenvalue weighted by Crippen LogP contribution is 2.30. The third kappa shape index (κ3) is 5.58. The van der Waals surface area contributed by atoms with Gasteiger partial charge >= 0.3 is 0 Å². The third-order valence-electron chi connectivity index (χ3n) is 4.82. The Balaban J connectivity index is 1.45. The molecule has 2 aromatic rings. The van der Waals surface area contributed by atoms with Gasteiger partial charge in [-0.05, 0) is 67.1 Å². The van der Waals surface area contributed by atoms with Gasteiger partial charge in [-0.3, -0.25) is 9.59 Å². The molecule has 1 aliphatic carbocycles. The standard InChI is InChI=1S/C22H26N2O3/c1-3-15(2)16-6-8-18(9-7-16)23-21(25)14-27-20-12-10-19(11-13-20)24-22(26)17-4-5-17/h6-13,15,17H,3-5,14H2,1-2H3,(H,23,25)(H,24,26). The van der Waals surface area contributed by atoms with Crippen LogP contribution in [0.25, 0.3) is 0 Å². The second-order valence-corrected chi connectivity index (χ2v) is 7.06. The van der Waals surface area contributed by atoms with Crippen molar-refractivity contribution in [3.8, 4) is 5.75 Å². The molecule has 1 aliphatic rings. The van der Waals surface area contributed by atoms with Crippen LogP contribution in [0, 0.1) is 5.92 Å². The molecule has 0 aromatic heterocycles. The van der Waals surface area contributed by atoms with Gasteiger partial charge in [0.2, 0.25) is 5.91 Å². The Labute approximate surface area is 160 Å². The van der Waals surface area contributed by atoms with Crippen LogP contribution in [-0.4, -0.2) is 18.4 Å². The van der Waals surface area contributed by atoms with Crippen LogP contribution in [-0.2, 0) is 9.59 Å². The zero-order valence-corrected chi connectivity index (χ0v) is 15.8. The van der Waals surface area contributed by atoms with Crippen LogP contribution in [0.4, 0.5) is 11.4 Å². The van der Waals surface area contributed by atoms with Crippen molar-refractivity contribution in [2.75, 3.05) is 17.2 Å². The van der Waals surface area contributed by atoms with Gasteiger partial charge < -0.3 is 15.4 Å². The maximum Gasteiger partial charge on any atom is 0.262 e. The molecule has 0 bridgehead atoms. The minimum absolute atomic E-state index is 0.0686. The fourth-order valence-corrected chi connectivity index (χ4v) is 2.70. The number of nitrogens with one attached hydrogen (secondary N) is 2. The van der Waals surface area contributed by atoms with E-state index < -0.39 is 0 Å². The largest absolute Gasteiger partial charge is 0.484 e. The van der Waals surface area contributed by atoms with E-state index in [1.165, 1.54) is 5.56 Å². The summed E-state index contributed by atoms with van der Waals surface area (Å²) in [6.07, 6.45) is 3.04. The van der Waals surface area contributed by atoms with E-state index in [1.807, 2.05) is 24.3 Å². The van der Waals surface area contributed by atoms with Crippen molar-refractivity contribution in [1.82, 2.24) is 0 Å². The number of carbonyl (C=O) groups is 2. The summed E-state index contributed by atoms with van der Waals surface area (Å²) < 4.78 is 5.51. The first-order valence-corrected chi connectivity index (χ1v) is 9.48. The van der Waals surface area contributed by atoms with E-state index in [2.05, 4.69) is 24.5 Å². The normalized spacial score (nSPS) is 14.3. The molecule has 1 atom stereocenters. The van der Waals surface area contributed by atoms with Crippen LogP contribution in [0.15, 0.2) is 48.5 Å². The van der Waals surface area contributed by atoms with Crippen molar-refractivity contribution in [1.29, 1.82) is 0 Å². The van der Waals surface area contributed by atoms with Gasteiger partial charge in [0.05, 0.1) is 0 Å². The van der Waals surface area contributed by atoms with Crippen molar-refractivity contribution >= 4 is 23.2 Å².